The van der Waals surface area contributed by atoms with E-state index in [1.54, 1.807) is 0 Å². The van der Waals surface area contributed by atoms with Crippen molar-refractivity contribution in [1.82, 2.24) is 8.68 Å². The molecule has 1 aliphatic heterocycles. The van der Waals surface area contributed by atoms with Crippen LogP contribution in [0, 0.1) is 5.41 Å². The van der Waals surface area contributed by atoms with Crippen LogP contribution < -0.4 is 10.6 Å². The minimum atomic E-state index is -3.57. The largest absolute Gasteiger partial charge is 0.382 e. The van der Waals surface area contributed by atoms with Gasteiger partial charge < -0.3 is 10.6 Å². The van der Waals surface area contributed by atoms with Crippen LogP contribution in [-0.4, -0.2) is 44.3 Å². The van der Waals surface area contributed by atoms with E-state index in [-0.39, 0.29) is 16.1 Å². The lowest BCUT2D eigenvalue weighted by atomic mass is 9.84. The van der Waals surface area contributed by atoms with Crippen molar-refractivity contribution in [1.29, 1.82) is 0 Å². The van der Waals surface area contributed by atoms with Crippen molar-refractivity contribution in [2.24, 2.45) is 5.41 Å². The van der Waals surface area contributed by atoms with Crippen LogP contribution in [0.3, 0.4) is 0 Å². The Balaban J connectivity index is 2.45. The van der Waals surface area contributed by atoms with E-state index in [0.29, 0.717) is 5.00 Å². The summed E-state index contributed by atoms with van der Waals surface area (Å²) in [5, 5.41) is 0.670. The van der Waals surface area contributed by atoms with Gasteiger partial charge in [0.05, 0.1) is 0 Å². The van der Waals surface area contributed by atoms with Crippen LogP contribution in [-0.2, 0) is 10.0 Å². The fourth-order valence-electron chi connectivity index (χ4n) is 2.51. The summed E-state index contributed by atoms with van der Waals surface area (Å²) in [6.45, 7) is 6.07. The van der Waals surface area contributed by atoms with Crippen molar-refractivity contribution in [3.8, 4) is 0 Å². The van der Waals surface area contributed by atoms with E-state index in [1.807, 2.05) is 0 Å². The summed E-state index contributed by atoms with van der Waals surface area (Å²) in [6, 6.07) is 0. The number of nitrogen functional groups attached to an aromatic ring is 1. The van der Waals surface area contributed by atoms with Gasteiger partial charge >= 0.3 is 0 Å². The minimum absolute atomic E-state index is 0.0991. The summed E-state index contributed by atoms with van der Waals surface area (Å²) in [7, 11) is -0.546. The molecule has 8 heteroatoms. The lowest BCUT2D eigenvalue weighted by molar-refractivity contribution is 0.293. The molecule has 2 N–H and O–H groups in total. The monoisotopic (exact) mass is 318 g/mol. The highest BCUT2D eigenvalue weighted by Gasteiger charge is 2.34. The number of hydrogen-bond acceptors (Lipinski definition) is 6. The lowest BCUT2D eigenvalue weighted by Gasteiger charge is -2.38. The van der Waals surface area contributed by atoms with Crippen molar-refractivity contribution in [2.75, 3.05) is 37.8 Å². The number of piperidine rings is 1. The number of hydrogen-bond donors (Lipinski definition) is 1. The van der Waals surface area contributed by atoms with E-state index < -0.39 is 10.0 Å². The van der Waals surface area contributed by atoms with Gasteiger partial charge in [-0.3, -0.25) is 0 Å². The minimum Gasteiger partial charge on any atom is -0.382 e. The van der Waals surface area contributed by atoms with E-state index in [1.165, 1.54) is 29.9 Å². The van der Waals surface area contributed by atoms with E-state index >= 15 is 0 Å². The number of rotatable bonds is 3. The topological polar surface area (TPSA) is 79.5 Å². The van der Waals surface area contributed by atoms with Gasteiger partial charge in [-0.25, -0.2) is 12.7 Å². The predicted molar refractivity (Wildman–Crippen MR) is 82.6 cm³/mol. The van der Waals surface area contributed by atoms with Crippen molar-refractivity contribution in [3.63, 3.8) is 0 Å². The Hall–Kier alpha value is -0.860. The van der Waals surface area contributed by atoms with E-state index in [4.69, 9.17) is 5.73 Å². The zero-order valence-electron chi connectivity index (χ0n) is 12.4. The third-order valence-corrected chi connectivity index (χ3v) is 6.52. The summed E-state index contributed by atoms with van der Waals surface area (Å²) in [5.74, 6) is 0.0991. The molecule has 2 rings (SSSR count). The lowest BCUT2D eigenvalue weighted by Crippen LogP contribution is -2.40. The molecule has 6 nitrogen and oxygen atoms in total. The second-order valence-corrected chi connectivity index (χ2v) is 9.02. The van der Waals surface area contributed by atoms with Crippen LogP contribution in [0.25, 0.3) is 0 Å². The van der Waals surface area contributed by atoms with Crippen LogP contribution in [0.4, 0.5) is 10.8 Å². The Labute approximate surface area is 124 Å². The second kappa shape index (κ2) is 5.16. The molecular formula is C12H22N4O2S2. The van der Waals surface area contributed by atoms with E-state index in [2.05, 4.69) is 23.1 Å². The maximum atomic E-state index is 12.4. The Morgan fingerprint density at radius 1 is 1.40 bits per heavy atom. The Kier molecular flexibility index (Phi) is 4.01. The molecule has 0 aliphatic carbocycles. The highest BCUT2D eigenvalue weighted by Crippen LogP contribution is 2.40. The van der Waals surface area contributed by atoms with Crippen molar-refractivity contribution >= 4 is 32.4 Å². The molecule has 1 aromatic rings. The maximum absolute atomic E-state index is 12.4. The van der Waals surface area contributed by atoms with Crippen molar-refractivity contribution in [2.45, 2.75) is 31.6 Å². The van der Waals surface area contributed by atoms with Crippen LogP contribution in [0.15, 0.2) is 4.90 Å². The molecule has 0 saturated carbocycles. The average molecular weight is 318 g/mol. The smallest absolute Gasteiger partial charge is 0.249 e. The molecule has 0 spiro atoms. The first-order valence-corrected chi connectivity index (χ1v) is 8.79. The second-order valence-electron chi connectivity index (χ2n) is 6.18. The number of nitrogens with zero attached hydrogens (tertiary/aromatic N) is 3. The molecule has 1 fully saturated rings. The van der Waals surface area contributed by atoms with E-state index in [0.717, 1.165) is 25.9 Å². The van der Waals surface area contributed by atoms with Crippen LogP contribution >= 0.6 is 11.5 Å². The van der Waals surface area contributed by atoms with Gasteiger partial charge in [0, 0.05) is 27.2 Å². The zero-order chi connectivity index (χ0) is 15.1. The van der Waals surface area contributed by atoms with Crippen LogP contribution in [0.2, 0.25) is 0 Å². The van der Waals surface area contributed by atoms with Gasteiger partial charge in [0.2, 0.25) is 10.0 Å². The molecular weight excluding hydrogens is 296 g/mol. The molecule has 1 saturated heterocycles. The fraction of sp³-hybridized carbons (Fsp3) is 0.750. The molecule has 1 aliphatic rings. The summed E-state index contributed by atoms with van der Waals surface area (Å²) in [6.07, 6.45) is 2.19. The highest BCUT2D eigenvalue weighted by atomic mass is 32.2. The third kappa shape index (κ3) is 2.77. The Bertz CT molecular complexity index is 593. The quantitative estimate of drug-likeness (QED) is 0.916. The third-order valence-electron chi connectivity index (χ3n) is 3.58. The first-order chi connectivity index (χ1) is 9.15. The van der Waals surface area contributed by atoms with Gasteiger partial charge in [-0.05, 0) is 29.8 Å². The van der Waals surface area contributed by atoms with Gasteiger partial charge in [0.25, 0.3) is 0 Å². The van der Waals surface area contributed by atoms with Crippen molar-refractivity contribution in [3.05, 3.63) is 0 Å². The summed E-state index contributed by atoms with van der Waals surface area (Å²) >= 11 is 1.17. The molecule has 1 aromatic heterocycles. The van der Waals surface area contributed by atoms with Gasteiger partial charge in [-0.15, -0.1) is 0 Å². The highest BCUT2D eigenvalue weighted by molar-refractivity contribution is 7.89. The van der Waals surface area contributed by atoms with Gasteiger partial charge in [-0.1, -0.05) is 13.8 Å². The molecule has 20 heavy (non-hydrogen) atoms. The fourth-order valence-corrected chi connectivity index (χ4v) is 4.75. The number of anilines is 2. The molecule has 0 amide bonds. The predicted octanol–water partition coefficient (Wildman–Crippen LogP) is 1.60. The molecule has 0 bridgehead atoms. The molecule has 0 radical (unpaired) electrons. The molecule has 0 aromatic carbocycles. The van der Waals surface area contributed by atoms with E-state index in [9.17, 15) is 8.42 Å². The van der Waals surface area contributed by atoms with Gasteiger partial charge in [0.1, 0.15) is 5.00 Å². The summed E-state index contributed by atoms with van der Waals surface area (Å²) in [5.41, 5.74) is 5.98. The molecule has 2 heterocycles. The summed E-state index contributed by atoms with van der Waals surface area (Å²) in [4.78, 5) is 2.26. The molecule has 0 unspecified atom stereocenters. The summed E-state index contributed by atoms with van der Waals surface area (Å²) < 4.78 is 30.1. The number of sulfonamides is 1. The van der Waals surface area contributed by atoms with Crippen LogP contribution in [0.5, 0.6) is 0 Å². The maximum Gasteiger partial charge on any atom is 0.249 e. The SMILES string of the molecule is CN(C)S(=O)(=O)c1c(N)nsc1N1CCCC(C)(C)C1. The first-order valence-electron chi connectivity index (χ1n) is 6.58. The molecule has 114 valence electrons. The van der Waals surface area contributed by atoms with Crippen molar-refractivity contribution < 1.29 is 8.42 Å². The van der Waals surface area contributed by atoms with Gasteiger partial charge in [0.15, 0.2) is 10.7 Å². The Morgan fingerprint density at radius 2 is 2.05 bits per heavy atom. The Morgan fingerprint density at radius 3 is 2.60 bits per heavy atom. The first kappa shape index (κ1) is 15.5. The standard InChI is InChI=1S/C12H22N4O2S2/c1-12(2)6-5-7-16(8-12)11-9(10(13)14-19-11)20(17,18)15(3)4/h5-8H2,1-4H3,(H2,13,14). The average Bonchev–Trinajstić information content (AvgIpc) is 2.70. The van der Waals surface area contributed by atoms with Gasteiger partial charge in [-0.2, -0.15) is 4.37 Å². The zero-order valence-corrected chi connectivity index (χ0v) is 14.0. The number of aromatic nitrogens is 1. The van der Waals surface area contributed by atoms with Crippen LogP contribution in [0.1, 0.15) is 26.7 Å². The number of nitrogens with two attached hydrogens (primary N) is 1. The normalized spacial score (nSPS) is 19.6. The molecule has 0 atom stereocenters.